The quantitative estimate of drug-likeness (QED) is 0.868. The molecule has 1 atom stereocenters. The molecular weight excluding hydrogens is 326 g/mol. The Morgan fingerprint density at radius 3 is 2.58 bits per heavy atom. The fourth-order valence-corrected chi connectivity index (χ4v) is 3.39. The highest BCUT2D eigenvalue weighted by molar-refractivity contribution is 5.93. The van der Waals surface area contributed by atoms with Gasteiger partial charge in [0.25, 0.3) is 5.91 Å². The van der Waals surface area contributed by atoms with Gasteiger partial charge in [0.15, 0.2) is 0 Å². The van der Waals surface area contributed by atoms with Crippen molar-refractivity contribution in [2.45, 2.75) is 26.4 Å². The van der Waals surface area contributed by atoms with Gasteiger partial charge in [-0.3, -0.25) is 4.79 Å². The second kappa shape index (κ2) is 8.32. The number of nitrogens with zero attached hydrogens (tertiary/aromatic N) is 3. The van der Waals surface area contributed by atoms with Crippen molar-refractivity contribution in [1.29, 1.82) is 0 Å². The lowest BCUT2D eigenvalue weighted by Crippen LogP contribution is -2.26. The zero-order valence-electron chi connectivity index (χ0n) is 15.6. The molecule has 0 saturated carbocycles. The van der Waals surface area contributed by atoms with E-state index < -0.39 is 0 Å². The van der Waals surface area contributed by atoms with Crippen molar-refractivity contribution in [3.05, 3.63) is 59.3 Å². The van der Waals surface area contributed by atoms with Gasteiger partial charge in [0.1, 0.15) is 5.82 Å². The Hall–Kier alpha value is -2.40. The van der Waals surface area contributed by atoms with Crippen LogP contribution in [0.25, 0.3) is 0 Å². The minimum absolute atomic E-state index is 0.0113. The van der Waals surface area contributed by atoms with Crippen molar-refractivity contribution in [2.75, 3.05) is 31.6 Å². The Bertz CT molecular complexity index is 728. The Morgan fingerprint density at radius 1 is 1.23 bits per heavy atom. The molecule has 1 amide bonds. The molecule has 0 radical (unpaired) electrons. The van der Waals surface area contributed by atoms with E-state index in [1.54, 1.807) is 18.1 Å². The molecule has 138 valence electrons. The van der Waals surface area contributed by atoms with Crippen LogP contribution in [0.1, 0.15) is 34.8 Å². The first-order chi connectivity index (χ1) is 12.6. The van der Waals surface area contributed by atoms with E-state index in [1.165, 1.54) is 5.56 Å². The van der Waals surface area contributed by atoms with Crippen LogP contribution in [0.5, 0.6) is 0 Å². The van der Waals surface area contributed by atoms with Crippen molar-refractivity contribution in [3.8, 4) is 0 Å². The highest BCUT2D eigenvalue weighted by Crippen LogP contribution is 2.25. The monoisotopic (exact) mass is 353 g/mol. The fraction of sp³-hybridized carbons (Fsp3) is 0.429. The molecular formula is C21H27N3O2. The molecule has 1 aliphatic rings. The molecule has 2 heterocycles. The van der Waals surface area contributed by atoms with Gasteiger partial charge >= 0.3 is 0 Å². The van der Waals surface area contributed by atoms with E-state index in [1.807, 2.05) is 31.2 Å². The molecule has 26 heavy (non-hydrogen) atoms. The predicted octanol–water partition coefficient (Wildman–Crippen LogP) is 2.73. The summed E-state index contributed by atoms with van der Waals surface area (Å²) in [5.74, 6) is 1.56. The summed E-state index contributed by atoms with van der Waals surface area (Å²) < 4.78 is 0. The summed E-state index contributed by atoms with van der Waals surface area (Å²) in [4.78, 5) is 20.7. The first-order valence-electron chi connectivity index (χ1n) is 9.25. The van der Waals surface area contributed by atoms with Crippen LogP contribution < -0.4 is 4.90 Å². The van der Waals surface area contributed by atoms with E-state index in [0.29, 0.717) is 18.0 Å². The average Bonchev–Trinajstić information content (AvgIpc) is 3.16. The van der Waals surface area contributed by atoms with E-state index in [-0.39, 0.29) is 12.5 Å². The van der Waals surface area contributed by atoms with E-state index in [2.05, 4.69) is 22.0 Å². The van der Waals surface area contributed by atoms with Crippen LogP contribution >= 0.6 is 0 Å². The topological polar surface area (TPSA) is 56.7 Å². The number of aliphatic hydroxyl groups excluding tert-OH is 1. The third-order valence-electron chi connectivity index (χ3n) is 5.16. The number of aromatic nitrogens is 1. The van der Waals surface area contributed by atoms with Gasteiger partial charge in [-0.15, -0.1) is 0 Å². The third-order valence-corrected chi connectivity index (χ3v) is 5.16. The van der Waals surface area contributed by atoms with Gasteiger partial charge in [0, 0.05) is 32.9 Å². The van der Waals surface area contributed by atoms with E-state index >= 15 is 0 Å². The fourth-order valence-electron chi connectivity index (χ4n) is 3.39. The zero-order valence-corrected chi connectivity index (χ0v) is 15.6. The lowest BCUT2D eigenvalue weighted by atomic mass is 9.98. The SMILES string of the molecule is CCN(C)C(=O)c1ccc(N2CCC(Cc3ccc(CO)cc3)C2)nc1. The van der Waals surface area contributed by atoms with Crippen molar-refractivity contribution < 1.29 is 9.90 Å². The number of pyridine rings is 1. The summed E-state index contributed by atoms with van der Waals surface area (Å²) >= 11 is 0. The summed E-state index contributed by atoms with van der Waals surface area (Å²) in [5.41, 5.74) is 2.90. The number of aliphatic hydroxyl groups is 1. The summed E-state index contributed by atoms with van der Waals surface area (Å²) in [6.07, 6.45) is 3.87. The largest absolute Gasteiger partial charge is 0.392 e. The third kappa shape index (κ3) is 4.22. The van der Waals surface area contributed by atoms with E-state index in [9.17, 15) is 4.79 Å². The maximum absolute atomic E-state index is 12.2. The van der Waals surface area contributed by atoms with Crippen LogP contribution in [-0.4, -0.2) is 47.6 Å². The van der Waals surface area contributed by atoms with Gasteiger partial charge in [-0.1, -0.05) is 24.3 Å². The highest BCUT2D eigenvalue weighted by atomic mass is 16.3. The maximum atomic E-state index is 12.2. The molecule has 1 aliphatic heterocycles. The molecule has 3 rings (SSSR count). The predicted molar refractivity (Wildman–Crippen MR) is 103 cm³/mol. The molecule has 5 heteroatoms. The molecule has 1 saturated heterocycles. The van der Waals surface area contributed by atoms with Gasteiger partial charge < -0.3 is 14.9 Å². The minimum atomic E-state index is 0.0113. The van der Waals surface area contributed by atoms with Crippen molar-refractivity contribution in [2.24, 2.45) is 5.92 Å². The van der Waals surface area contributed by atoms with Crippen molar-refractivity contribution in [1.82, 2.24) is 9.88 Å². The van der Waals surface area contributed by atoms with Crippen LogP contribution in [0.15, 0.2) is 42.6 Å². The Labute approximate surface area is 155 Å². The highest BCUT2D eigenvalue weighted by Gasteiger charge is 2.24. The number of hydrogen-bond acceptors (Lipinski definition) is 4. The smallest absolute Gasteiger partial charge is 0.255 e. The number of amides is 1. The number of hydrogen-bond donors (Lipinski definition) is 1. The number of rotatable bonds is 6. The van der Waals surface area contributed by atoms with Crippen molar-refractivity contribution >= 4 is 11.7 Å². The summed E-state index contributed by atoms with van der Waals surface area (Å²) in [7, 11) is 1.80. The number of carbonyl (C=O) groups excluding carboxylic acids is 1. The Kier molecular flexibility index (Phi) is 5.89. The lowest BCUT2D eigenvalue weighted by Gasteiger charge is -2.19. The van der Waals surface area contributed by atoms with Gasteiger partial charge in [-0.25, -0.2) is 4.98 Å². The Morgan fingerprint density at radius 2 is 1.96 bits per heavy atom. The van der Waals surface area contributed by atoms with Gasteiger partial charge in [-0.2, -0.15) is 0 Å². The normalized spacial score (nSPS) is 16.7. The first kappa shape index (κ1) is 18.4. The molecule has 2 aromatic rings. The number of anilines is 1. The molecule has 5 nitrogen and oxygen atoms in total. The van der Waals surface area contributed by atoms with Gasteiger partial charge in [0.2, 0.25) is 0 Å². The lowest BCUT2D eigenvalue weighted by molar-refractivity contribution is 0.0802. The first-order valence-corrected chi connectivity index (χ1v) is 9.25. The van der Waals surface area contributed by atoms with E-state index in [4.69, 9.17) is 5.11 Å². The number of benzene rings is 1. The molecule has 1 aromatic heterocycles. The van der Waals surface area contributed by atoms with Gasteiger partial charge in [0.05, 0.1) is 12.2 Å². The maximum Gasteiger partial charge on any atom is 0.255 e. The van der Waals surface area contributed by atoms with Crippen LogP contribution in [0.2, 0.25) is 0 Å². The van der Waals surface area contributed by atoms with Crippen LogP contribution in [0.4, 0.5) is 5.82 Å². The summed E-state index contributed by atoms with van der Waals surface area (Å²) in [6, 6.07) is 12.0. The van der Waals surface area contributed by atoms with Gasteiger partial charge in [-0.05, 0) is 48.9 Å². The minimum Gasteiger partial charge on any atom is -0.392 e. The van der Waals surface area contributed by atoms with Crippen molar-refractivity contribution in [3.63, 3.8) is 0 Å². The molecule has 1 fully saturated rings. The summed E-state index contributed by atoms with van der Waals surface area (Å²) in [6.45, 7) is 4.72. The molecule has 1 aromatic carbocycles. The summed E-state index contributed by atoms with van der Waals surface area (Å²) in [5, 5.41) is 9.13. The molecule has 0 spiro atoms. The van der Waals surface area contributed by atoms with Crippen LogP contribution in [-0.2, 0) is 13.0 Å². The number of carbonyl (C=O) groups is 1. The molecule has 0 bridgehead atoms. The zero-order chi connectivity index (χ0) is 18.5. The second-order valence-electron chi connectivity index (χ2n) is 7.00. The second-order valence-corrected chi connectivity index (χ2v) is 7.00. The molecule has 1 N–H and O–H groups in total. The average molecular weight is 353 g/mol. The van der Waals surface area contributed by atoms with E-state index in [0.717, 1.165) is 37.3 Å². The standard InChI is InChI=1S/C21H27N3O2/c1-3-23(2)21(26)19-8-9-20(22-13-19)24-11-10-18(14-24)12-16-4-6-17(15-25)7-5-16/h4-9,13,18,25H,3,10-12,14-15H2,1-2H3. The molecule has 1 unspecified atom stereocenters. The van der Waals surface area contributed by atoms with Crippen LogP contribution in [0.3, 0.4) is 0 Å². The Balaban J connectivity index is 1.58. The van der Waals surface area contributed by atoms with Crippen LogP contribution in [0, 0.1) is 5.92 Å². The molecule has 0 aliphatic carbocycles.